The zero-order valence-electron chi connectivity index (χ0n) is 13.8. The van der Waals surface area contributed by atoms with Crippen molar-refractivity contribution in [2.75, 3.05) is 13.1 Å². The second kappa shape index (κ2) is 7.01. The topological polar surface area (TPSA) is 38.1 Å². The molecule has 1 aromatic carbocycles. The quantitative estimate of drug-likeness (QED) is 0.857. The number of nitrogens with zero attached hydrogens (tertiary/aromatic N) is 3. The number of amides is 1. The Morgan fingerprint density at radius 3 is 2.79 bits per heavy atom. The van der Waals surface area contributed by atoms with Crippen LogP contribution in [-0.4, -0.2) is 38.9 Å². The Balaban J connectivity index is 1.26. The summed E-state index contributed by atoms with van der Waals surface area (Å²) in [4.78, 5) is 16.2. The molecule has 1 atom stereocenters. The molecule has 4 nitrogen and oxygen atoms in total. The van der Waals surface area contributed by atoms with E-state index in [1.54, 1.807) is 11.8 Å². The zero-order chi connectivity index (χ0) is 16.4. The Morgan fingerprint density at radius 1 is 1.21 bits per heavy atom. The molecule has 0 saturated carbocycles. The Hall–Kier alpha value is -1.75. The van der Waals surface area contributed by atoms with Gasteiger partial charge in [-0.15, -0.1) is 11.8 Å². The minimum absolute atomic E-state index is 0.0861. The summed E-state index contributed by atoms with van der Waals surface area (Å²) < 4.78 is 2.00. The van der Waals surface area contributed by atoms with Crippen LogP contribution in [0, 0.1) is 5.92 Å². The predicted molar refractivity (Wildman–Crippen MR) is 95.9 cm³/mol. The lowest BCUT2D eigenvalue weighted by molar-refractivity contribution is -0.131. The van der Waals surface area contributed by atoms with E-state index in [1.165, 1.54) is 10.5 Å². The standard InChI is InChI=1S/C19H23N3OS/c23-19(18-14-16-4-1-2-5-17(16)24-18)21-11-6-15(7-12-21)8-13-22-10-3-9-20-22/h1-5,9-10,15,18H,6-8,11-14H2. The summed E-state index contributed by atoms with van der Waals surface area (Å²) in [5, 5.41) is 4.35. The Labute approximate surface area is 147 Å². The molecular weight excluding hydrogens is 318 g/mol. The summed E-state index contributed by atoms with van der Waals surface area (Å²) in [5.74, 6) is 1.05. The highest BCUT2D eigenvalue weighted by molar-refractivity contribution is 8.01. The summed E-state index contributed by atoms with van der Waals surface area (Å²) in [6.45, 7) is 2.81. The Kier molecular flexibility index (Phi) is 4.60. The highest BCUT2D eigenvalue weighted by atomic mass is 32.2. The molecule has 24 heavy (non-hydrogen) atoms. The second-order valence-corrected chi connectivity index (χ2v) is 7.99. The van der Waals surface area contributed by atoms with Crippen molar-refractivity contribution in [3.05, 3.63) is 48.3 Å². The fraction of sp³-hybridized carbons (Fsp3) is 0.474. The van der Waals surface area contributed by atoms with Gasteiger partial charge < -0.3 is 4.90 Å². The van der Waals surface area contributed by atoms with Gasteiger partial charge in [0.25, 0.3) is 0 Å². The molecule has 0 radical (unpaired) electrons. The smallest absolute Gasteiger partial charge is 0.236 e. The van der Waals surface area contributed by atoms with Crippen LogP contribution in [0.5, 0.6) is 0 Å². The minimum Gasteiger partial charge on any atom is -0.342 e. The molecule has 2 aromatic rings. The molecule has 1 saturated heterocycles. The zero-order valence-corrected chi connectivity index (χ0v) is 14.6. The number of fused-ring (bicyclic) bond motifs is 1. The van der Waals surface area contributed by atoms with E-state index in [2.05, 4.69) is 34.3 Å². The number of aromatic nitrogens is 2. The number of thioether (sulfide) groups is 1. The molecule has 4 rings (SSSR count). The highest BCUT2D eigenvalue weighted by Crippen LogP contribution is 2.38. The van der Waals surface area contributed by atoms with E-state index in [-0.39, 0.29) is 5.25 Å². The number of aryl methyl sites for hydroxylation is 1. The molecule has 1 amide bonds. The highest BCUT2D eigenvalue weighted by Gasteiger charge is 2.33. The van der Waals surface area contributed by atoms with Crippen molar-refractivity contribution in [2.45, 2.75) is 42.4 Å². The van der Waals surface area contributed by atoms with E-state index in [0.29, 0.717) is 11.8 Å². The van der Waals surface area contributed by atoms with Gasteiger partial charge in [0.05, 0.1) is 5.25 Å². The molecule has 0 N–H and O–H groups in total. The van der Waals surface area contributed by atoms with Crippen molar-refractivity contribution in [3.63, 3.8) is 0 Å². The van der Waals surface area contributed by atoms with Gasteiger partial charge in [-0.1, -0.05) is 18.2 Å². The lowest BCUT2D eigenvalue weighted by atomic mass is 9.93. The van der Waals surface area contributed by atoms with Crippen LogP contribution in [0.25, 0.3) is 0 Å². The average Bonchev–Trinajstić information content (AvgIpc) is 3.29. The second-order valence-electron chi connectivity index (χ2n) is 6.74. The van der Waals surface area contributed by atoms with Crippen molar-refractivity contribution in [2.24, 2.45) is 5.92 Å². The number of likely N-dealkylation sites (tertiary alicyclic amines) is 1. The van der Waals surface area contributed by atoms with E-state index < -0.39 is 0 Å². The molecule has 126 valence electrons. The molecule has 1 aromatic heterocycles. The van der Waals surface area contributed by atoms with Gasteiger partial charge in [-0.05, 0) is 49.3 Å². The Bertz CT molecular complexity index is 667. The lowest BCUT2D eigenvalue weighted by Gasteiger charge is -2.33. The van der Waals surface area contributed by atoms with Gasteiger partial charge in [0, 0.05) is 36.9 Å². The van der Waals surface area contributed by atoms with E-state index in [9.17, 15) is 4.79 Å². The molecule has 0 spiro atoms. The first-order chi connectivity index (χ1) is 11.8. The van der Waals surface area contributed by atoms with Crippen LogP contribution in [0.15, 0.2) is 47.6 Å². The molecule has 3 heterocycles. The van der Waals surface area contributed by atoms with Crippen LogP contribution in [0.3, 0.4) is 0 Å². The van der Waals surface area contributed by atoms with Gasteiger partial charge in [-0.3, -0.25) is 9.48 Å². The minimum atomic E-state index is 0.0861. The third-order valence-corrected chi connectivity index (χ3v) is 6.48. The number of piperidine rings is 1. The summed E-state index contributed by atoms with van der Waals surface area (Å²) in [5.41, 5.74) is 1.33. The maximum Gasteiger partial charge on any atom is 0.236 e. The first-order valence-corrected chi connectivity index (χ1v) is 9.68. The van der Waals surface area contributed by atoms with E-state index in [1.807, 2.05) is 23.1 Å². The van der Waals surface area contributed by atoms with Crippen LogP contribution < -0.4 is 0 Å². The van der Waals surface area contributed by atoms with Crippen molar-refractivity contribution in [1.82, 2.24) is 14.7 Å². The lowest BCUT2D eigenvalue weighted by Crippen LogP contribution is -2.43. The number of hydrogen-bond acceptors (Lipinski definition) is 3. The van der Waals surface area contributed by atoms with Gasteiger partial charge >= 0.3 is 0 Å². The molecule has 2 aliphatic heterocycles. The predicted octanol–water partition coefficient (Wildman–Crippen LogP) is 3.23. The summed E-state index contributed by atoms with van der Waals surface area (Å²) in [6, 6.07) is 10.4. The molecule has 0 bridgehead atoms. The summed E-state index contributed by atoms with van der Waals surface area (Å²) >= 11 is 1.74. The van der Waals surface area contributed by atoms with Crippen molar-refractivity contribution in [1.29, 1.82) is 0 Å². The van der Waals surface area contributed by atoms with Gasteiger partial charge in [0.1, 0.15) is 0 Å². The average molecular weight is 341 g/mol. The first kappa shape index (κ1) is 15.8. The van der Waals surface area contributed by atoms with Crippen LogP contribution in [-0.2, 0) is 17.8 Å². The van der Waals surface area contributed by atoms with Gasteiger partial charge in [0.15, 0.2) is 0 Å². The number of carbonyl (C=O) groups excluding carboxylic acids is 1. The Morgan fingerprint density at radius 2 is 2.04 bits per heavy atom. The van der Waals surface area contributed by atoms with Crippen LogP contribution in [0.4, 0.5) is 0 Å². The summed E-state index contributed by atoms with van der Waals surface area (Å²) in [7, 11) is 0. The maximum atomic E-state index is 12.8. The molecular formula is C19H23N3OS. The number of benzene rings is 1. The van der Waals surface area contributed by atoms with E-state index in [0.717, 1.165) is 45.3 Å². The SMILES string of the molecule is O=C(C1Cc2ccccc2S1)N1CCC(CCn2cccn2)CC1. The molecule has 2 aliphatic rings. The first-order valence-electron chi connectivity index (χ1n) is 8.80. The molecule has 5 heteroatoms. The van der Waals surface area contributed by atoms with Crippen LogP contribution in [0.2, 0.25) is 0 Å². The molecule has 0 aliphatic carbocycles. The van der Waals surface area contributed by atoms with Crippen molar-refractivity contribution in [3.8, 4) is 0 Å². The fourth-order valence-corrected chi connectivity index (χ4v) is 4.99. The third kappa shape index (κ3) is 3.36. The number of carbonyl (C=O) groups is 1. The third-order valence-electron chi connectivity index (χ3n) is 5.17. The molecule has 1 unspecified atom stereocenters. The largest absolute Gasteiger partial charge is 0.342 e. The van der Waals surface area contributed by atoms with Crippen molar-refractivity contribution < 1.29 is 4.79 Å². The number of rotatable bonds is 4. The van der Waals surface area contributed by atoms with Crippen LogP contribution >= 0.6 is 11.8 Å². The monoisotopic (exact) mass is 341 g/mol. The number of hydrogen-bond donors (Lipinski definition) is 0. The fourth-order valence-electron chi connectivity index (χ4n) is 3.71. The normalized spacial score (nSPS) is 21.0. The van der Waals surface area contributed by atoms with E-state index in [4.69, 9.17) is 0 Å². The maximum absolute atomic E-state index is 12.8. The van der Waals surface area contributed by atoms with E-state index >= 15 is 0 Å². The van der Waals surface area contributed by atoms with Crippen molar-refractivity contribution >= 4 is 17.7 Å². The van der Waals surface area contributed by atoms with Gasteiger partial charge in [0.2, 0.25) is 5.91 Å². The molecule has 1 fully saturated rings. The van der Waals surface area contributed by atoms with Gasteiger partial charge in [-0.2, -0.15) is 5.10 Å². The summed E-state index contributed by atoms with van der Waals surface area (Å²) in [6.07, 6.45) is 8.15. The van der Waals surface area contributed by atoms with Gasteiger partial charge in [-0.25, -0.2) is 0 Å². The van der Waals surface area contributed by atoms with Crippen LogP contribution in [0.1, 0.15) is 24.8 Å².